The molecule has 0 unspecified atom stereocenters. The van der Waals surface area contributed by atoms with Gasteiger partial charge in [-0.05, 0) is 33.6 Å². The Kier molecular flexibility index (Phi) is 3.72. The number of nitrogens with zero attached hydrogens (tertiary/aromatic N) is 3. The van der Waals surface area contributed by atoms with Gasteiger partial charge in [0.05, 0.1) is 17.5 Å². The van der Waals surface area contributed by atoms with Crippen molar-refractivity contribution in [3.63, 3.8) is 0 Å². The van der Waals surface area contributed by atoms with Crippen LogP contribution in [0.4, 0.5) is 5.82 Å². The molecule has 0 saturated heterocycles. The number of hydrogen-bond acceptors (Lipinski definition) is 7. The first-order valence-corrected chi connectivity index (χ1v) is 9.05. The van der Waals surface area contributed by atoms with Crippen molar-refractivity contribution in [2.45, 2.75) is 45.7 Å². The zero-order valence-corrected chi connectivity index (χ0v) is 15.2. The number of nitrogens with one attached hydrogen (secondary N) is 2. The van der Waals surface area contributed by atoms with Gasteiger partial charge < -0.3 is 15.1 Å². The number of aryl methyl sites for hydroxylation is 2. The Balaban J connectivity index is 1.65. The Morgan fingerprint density at radius 1 is 1.36 bits per heavy atom. The van der Waals surface area contributed by atoms with Crippen molar-refractivity contribution in [3.05, 3.63) is 33.7 Å². The maximum atomic E-state index is 12.8. The van der Waals surface area contributed by atoms with Crippen LogP contribution in [0.1, 0.15) is 46.6 Å². The molecule has 3 aromatic heterocycles. The van der Waals surface area contributed by atoms with E-state index in [0.29, 0.717) is 34.8 Å². The molecule has 1 amide bonds. The molecule has 130 valence electrons. The smallest absolute Gasteiger partial charge is 0.256 e. The Bertz CT molecular complexity index is 957. The third-order valence-electron chi connectivity index (χ3n) is 4.38. The van der Waals surface area contributed by atoms with E-state index in [9.17, 15) is 4.79 Å². The predicted octanol–water partition coefficient (Wildman–Crippen LogP) is 3.19. The summed E-state index contributed by atoms with van der Waals surface area (Å²) >= 11 is 1.53. The molecule has 2 N–H and O–H groups in total. The van der Waals surface area contributed by atoms with Crippen LogP contribution < -0.4 is 10.6 Å². The number of carbonyl (C=O) groups excluding carboxylic acids is 1. The van der Waals surface area contributed by atoms with Gasteiger partial charge in [0, 0.05) is 16.6 Å². The summed E-state index contributed by atoms with van der Waals surface area (Å²) in [5.41, 5.74) is 1.90. The highest BCUT2D eigenvalue weighted by Crippen LogP contribution is 2.40. The lowest BCUT2D eigenvalue weighted by Crippen LogP contribution is -2.24. The highest BCUT2D eigenvalue weighted by atomic mass is 32.1. The molecule has 0 aliphatic heterocycles. The van der Waals surface area contributed by atoms with Gasteiger partial charge in [-0.3, -0.25) is 4.79 Å². The lowest BCUT2D eigenvalue weighted by atomic mass is 10.1. The van der Waals surface area contributed by atoms with Gasteiger partial charge in [-0.15, -0.1) is 11.3 Å². The standard InChI is InChI=1S/C17H19N5O2S/c1-9-7-25-11(21-9)6-18-15(23)12-10(2)24-16-13(12)14(19-8-20-16)22-17(3)4-5-17/h7-8H,4-6H2,1-3H3,(H,18,23)(H,19,20,22). The first-order chi connectivity index (χ1) is 12.0. The number of fused-ring (bicyclic) bond motifs is 1. The molecule has 8 heteroatoms. The van der Waals surface area contributed by atoms with Crippen LogP contribution in [0.15, 0.2) is 16.1 Å². The Morgan fingerprint density at radius 3 is 2.84 bits per heavy atom. The van der Waals surface area contributed by atoms with Crippen LogP contribution in [0.5, 0.6) is 0 Å². The second-order valence-corrected chi connectivity index (χ2v) is 7.63. The summed E-state index contributed by atoms with van der Waals surface area (Å²) in [6.07, 6.45) is 3.62. The fraction of sp³-hybridized carbons (Fsp3) is 0.412. The zero-order valence-electron chi connectivity index (χ0n) is 14.3. The number of amides is 1. The maximum absolute atomic E-state index is 12.8. The average molecular weight is 357 g/mol. The molecule has 0 radical (unpaired) electrons. The van der Waals surface area contributed by atoms with E-state index in [2.05, 4.69) is 32.5 Å². The van der Waals surface area contributed by atoms with Crippen LogP contribution in [0.25, 0.3) is 11.1 Å². The number of thiazole rings is 1. The fourth-order valence-corrected chi connectivity index (χ4v) is 3.45. The minimum absolute atomic E-state index is 0.0403. The van der Waals surface area contributed by atoms with Gasteiger partial charge in [0.25, 0.3) is 5.91 Å². The van der Waals surface area contributed by atoms with E-state index >= 15 is 0 Å². The van der Waals surface area contributed by atoms with Crippen molar-refractivity contribution in [2.75, 3.05) is 5.32 Å². The third-order valence-corrected chi connectivity index (χ3v) is 5.34. The number of anilines is 1. The fourth-order valence-electron chi connectivity index (χ4n) is 2.74. The summed E-state index contributed by atoms with van der Waals surface area (Å²) in [6.45, 7) is 6.23. The third kappa shape index (κ3) is 3.09. The first-order valence-electron chi connectivity index (χ1n) is 8.17. The summed E-state index contributed by atoms with van der Waals surface area (Å²) < 4.78 is 5.69. The number of aromatic nitrogens is 3. The molecular weight excluding hydrogens is 338 g/mol. The Hall–Kier alpha value is -2.48. The predicted molar refractivity (Wildman–Crippen MR) is 95.8 cm³/mol. The molecule has 1 aliphatic carbocycles. The van der Waals surface area contributed by atoms with Gasteiger partial charge in [-0.25, -0.2) is 15.0 Å². The van der Waals surface area contributed by atoms with Crippen LogP contribution in [-0.2, 0) is 6.54 Å². The van der Waals surface area contributed by atoms with Gasteiger partial charge in [0.15, 0.2) is 0 Å². The Labute approximate surface area is 148 Å². The van der Waals surface area contributed by atoms with Gasteiger partial charge >= 0.3 is 0 Å². The van der Waals surface area contributed by atoms with Crippen molar-refractivity contribution in [1.29, 1.82) is 0 Å². The van der Waals surface area contributed by atoms with Crippen molar-refractivity contribution < 1.29 is 9.21 Å². The van der Waals surface area contributed by atoms with Crippen LogP contribution in [0.3, 0.4) is 0 Å². The van der Waals surface area contributed by atoms with E-state index < -0.39 is 0 Å². The number of furan rings is 1. The van der Waals surface area contributed by atoms with E-state index in [1.807, 2.05) is 12.3 Å². The molecule has 0 atom stereocenters. The molecule has 0 aromatic carbocycles. The highest BCUT2D eigenvalue weighted by Gasteiger charge is 2.38. The van der Waals surface area contributed by atoms with E-state index in [1.165, 1.54) is 17.7 Å². The minimum Gasteiger partial charge on any atom is -0.442 e. The highest BCUT2D eigenvalue weighted by molar-refractivity contribution is 7.09. The quantitative estimate of drug-likeness (QED) is 0.728. The van der Waals surface area contributed by atoms with Crippen molar-refractivity contribution in [1.82, 2.24) is 20.3 Å². The van der Waals surface area contributed by atoms with Gasteiger partial charge in [-0.2, -0.15) is 0 Å². The van der Waals surface area contributed by atoms with Crippen LogP contribution >= 0.6 is 11.3 Å². The van der Waals surface area contributed by atoms with Crippen molar-refractivity contribution in [3.8, 4) is 0 Å². The lowest BCUT2D eigenvalue weighted by molar-refractivity contribution is 0.0950. The van der Waals surface area contributed by atoms with Gasteiger partial charge in [0.1, 0.15) is 22.9 Å². The molecule has 1 saturated carbocycles. The second-order valence-electron chi connectivity index (χ2n) is 6.69. The summed E-state index contributed by atoms with van der Waals surface area (Å²) in [7, 11) is 0. The molecule has 7 nitrogen and oxygen atoms in total. The van der Waals surface area contributed by atoms with E-state index in [1.54, 1.807) is 6.92 Å². The molecule has 3 aromatic rings. The monoisotopic (exact) mass is 357 g/mol. The summed E-state index contributed by atoms with van der Waals surface area (Å²) in [5.74, 6) is 0.979. The van der Waals surface area contributed by atoms with Crippen LogP contribution in [0, 0.1) is 13.8 Å². The van der Waals surface area contributed by atoms with E-state index in [-0.39, 0.29) is 11.4 Å². The second kappa shape index (κ2) is 5.80. The van der Waals surface area contributed by atoms with E-state index in [4.69, 9.17) is 4.42 Å². The number of rotatable bonds is 5. The molecule has 0 spiro atoms. The molecule has 1 fully saturated rings. The normalized spacial score (nSPS) is 15.3. The molecule has 25 heavy (non-hydrogen) atoms. The topological polar surface area (TPSA) is 92.9 Å². The van der Waals surface area contributed by atoms with Crippen molar-refractivity contribution >= 4 is 34.2 Å². The minimum atomic E-state index is -0.206. The summed E-state index contributed by atoms with van der Waals surface area (Å²) in [6, 6.07) is 0. The molecule has 0 bridgehead atoms. The number of hydrogen-bond donors (Lipinski definition) is 2. The van der Waals surface area contributed by atoms with Crippen LogP contribution in [-0.4, -0.2) is 26.4 Å². The average Bonchev–Trinajstić information content (AvgIpc) is 2.99. The molecule has 3 heterocycles. The van der Waals surface area contributed by atoms with Gasteiger partial charge in [-0.1, -0.05) is 0 Å². The Morgan fingerprint density at radius 2 is 2.16 bits per heavy atom. The first kappa shape index (κ1) is 16.0. The summed E-state index contributed by atoms with van der Waals surface area (Å²) in [5, 5.41) is 9.81. The molecule has 4 rings (SSSR count). The summed E-state index contributed by atoms with van der Waals surface area (Å²) in [4.78, 5) is 25.7. The maximum Gasteiger partial charge on any atom is 0.256 e. The van der Waals surface area contributed by atoms with Crippen molar-refractivity contribution in [2.24, 2.45) is 0 Å². The van der Waals surface area contributed by atoms with Crippen LogP contribution in [0.2, 0.25) is 0 Å². The number of carbonyl (C=O) groups is 1. The van der Waals surface area contributed by atoms with Gasteiger partial charge in [0.2, 0.25) is 5.71 Å². The SMILES string of the molecule is Cc1csc(CNC(=O)c2c(C)oc3ncnc(NC4(C)CC4)c23)n1. The largest absolute Gasteiger partial charge is 0.442 e. The molecular formula is C17H19N5O2S. The molecule has 1 aliphatic rings. The van der Waals surface area contributed by atoms with E-state index in [0.717, 1.165) is 23.5 Å². The lowest BCUT2D eigenvalue weighted by Gasteiger charge is -2.13. The zero-order chi connectivity index (χ0) is 17.6.